The van der Waals surface area contributed by atoms with Crippen molar-refractivity contribution < 1.29 is 0 Å². The Morgan fingerprint density at radius 1 is 0.188 bits per heavy atom. The molecule has 0 aliphatic rings. The van der Waals surface area contributed by atoms with Crippen LogP contribution in [-0.2, 0) is 0 Å². The summed E-state index contributed by atoms with van der Waals surface area (Å²) in [6.45, 7) is 13.5. The number of hydrogen-bond donors (Lipinski definition) is 0. The minimum absolute atomic E-state index is 1.12. The van der Waals surface area contributed by atoms with Crippen molar-refractivity contribution in [1.82, 2.24) is 0 Å². The third kappa shape index (κ3) is 8.18. The lowest BCUT2D eigenvalue weighted by Crippen LogP contribution is -2.14. The van der Waals surface area contributed by atoms with Gasteiger partial charge >= 0.3 is 0 Å². The van der Waals surface area contributed by atoms with Crippen molar-refractivity contribution in [2.45, 2.75) is 41.5 Å². The summed E-state index contributed by atoms with van der Waals surface area (Å²) in [5.74, 6) is 0. The lowest BCUT2D eigenvalue weighted by atomic mass is 9.92. The third-order valence-corrected chi connectivity index (χ3v) is 16.9. The van der Waals surface area contributed by atoms with Crippen LogP contribution in [0.4, 0.5) is 34.1 Å². The van der Waals surface area contributed by atoms with Gasteiger partial charge in [-0.3, -0.25) is 0 Å². The maximum atomic E-state index is 2.46. The highest BCUT2D eigenvalue weighted by atomic mass is 15.2. The number of rotatable bonds is 9. The van der Waals surface area contributed by atoms with E-state index in [1.165, 1.54) is 154 Å². The summed E-state index contributed by atoms with van der Waals surface area (Å²) in [5.41, 5.74) is 21.5. The number of hydrogen-bond acceptors (Lipinski definition) is 2. The van der Waals surface area contributed by atoms with E-state index in [-0.39, 0.29) is 0 Å². The summed E-state index contributed by atoms with van der Waals surface area (Å²) in [7, 11) is 0. The molecular weight excluding hydrogens is 965 g/mol. The van der Waals surface area contributed by atoms with Crippen LogP contribution in [0.3, 0.4) is 0 Å². The molecule has 0 aliphatic heterocycles. The Hall–Kier alpha value is -9.76. The monoisotopic (exact) mass is 1020 g/mol. The largest absolute Gasteiger partial charge is 0.310 e. The lowest BCUT2D eigenvalue weighted by Gasteiger charge is -2.31. The van der Waals surface area contributed by atoms with Gasteiger partial charge in [-0.1, -0.05) is 182 Å². The van der Waals surface area contributed by atoms with Crippen molar-refractivity contribution in [2.75, 3.05) is 9.80 Å². The molecule has 0 saturated heterocycles. The van der Waals surface area contributed by atoms with Crippen molar-refractivity contribution in [3.05, 3.63) is 288 Å². The molecule has 0 heterocycles. The van der Waals surface area contributed by atoms with E-state index < -0.39 is 0 Å². The molecule has 0 amide bonds. The van der Waals surface area contributed by atoms with Crippen molar-refractivity contribution in [3.63, 3.8) is 0 Å². The summed E-state index contributed by atoms with van der Waals surface area (Å²) in [4.78, 5) is 4.92. The summed E-state index contributed by atoms with van der Waals surface area (Å²) in [5, 5.41) is 15.5. The lowest BCUT2D eigenvalue weighted by molar-refractivity contribution is 1.19. The predicted molar refractivity (Wildman–Crippen MR) is 346 cm³/mol. The van der Waals surface area contributed by atoms with Crippen molar-refractivity contribution in [1.29, 1.82) is 0 Å². The number of anilines is 6. The first-order valence-electron chi connectivity index (χ1n) is 28.0. The molecule has 0 bridgehead atoms. The Kier molecular flexibility index (Phi) is 11.9. The highest BCUT2D eigenvalue weighted by Gasteiger charge is 2.23. The van der Waals surface area contributed by atoms with E-state index in [2.05, 4.69) is 306 Å². The van der Waals surface area contributed by atoms with Gasteiger partial charge in [0.05, 0.1) is 11.4 Å². The molecule has 0 aromatic heterocycles. The Bertz CT molecular complexity index is 4350. The fourth-order valence-corrected chi connectivity index (χ4v) is 13.1. The van der Waals surface area contributed by atoms with E-state index in [4.69, 9.17) is 0 Å². The molecule has 2 nitrogen and oxygen atoms in total. The molecule has 0 N–H and O–H groups in total. The fraction of sp³-hybridized carbons (Fsp3) is 0.0769. The third-order valence-electron chi connectivity index (χ3n) is 16.9. The Morgan fingerprint density at radius 3 is 0.738 bits per heavy atom. The van der Waals surface area contributed by atoms with Crippen LogP contribution in [0.2, 0.25) is 0 Å². The van der Waals surface area contributed by atoms with E-state index in [9.17, 15) is 0 Å². The van der Waals surface area contributed by atoms with Gasteiger partial charge < -0.3 is 9.80 Å². The minimum atomic E-state index is 1.12. The molecule has 0 saturated carbocycles. The number of benzene rings is 14. The molecule has 0 aliphatic carbocycles. The van der Waals surface area contributed by atoms with Crippen molar-refractivity contribution in [2.24, 2.45) is 0 Å². The maximum Gasteiger partial charge on any atom is 0.0520 e. The Balaban J connectivity index is 0.808. The van der Waals surface area contributed by atoms with Crippen LogP contribution < -0.4 is 9.80 Å². The predicted octanol–water partition coefficient (Wildman–Crippen LogP) is 22.4. The average Bonchev–Trinajstić information content (AvgIpc) is 3.62. The first-order chi connectivity index (χ1) is 39.2. The van der Waals surface area contributed by atoms with Gasteiger partial charge in [0, 0.05) is 22.7 Å². The maximum absolute atomic E-state index is 2.46. The first kappa shape index (κ1) is 48.6. The molecule has 14 rings (SSSR count). The zero-order chi connectivity index (χ0) is 54.2. The highest BCUT2D eigenvalue weighted by Crippen LogP contribution is 2.47. The molecule has 0 unspecified atom stereocenters. The van der Waals surface area contributed by atoms with Crippen LogP contribution in [-0.4, -0.2) is 0 Å². The molecule has 14 aromatic rings. The topological polar surface area (TPSA) is 6.48 Å². The normalized spacial score (nSPS) is 11.6. The molecule has 0 atom stereocenters. The van der Waals surface area contributed by atoms with Crippen LogP contribution >= 0.6 is 0 Å². The summed E-state index contributed by atoms with van der Waals surface area (Å²) >= 11 is 0. The van der Waals surface area contributed by atoms with E-state index in [1.54, 1.807) is 0 Å². The van der Waals surface area contributed by atoms with Gasteiger partial charge in [-0.15, -0.1) is 0 Å². The molecule has 0 spiro atoms. The van der Waals surface area contributed by atoms with Crippen LogP contribution in [0, 0.1) is 41.5 Å². The molecule has 14 aromatic carbocycles. The molecule has 382 valence electrons. The van der Waals surface area contributed by atoms with Crippen LogP contribution in [0.15, 0.2) is 255 Å². The number of para-hydroxylation sites is 2. The van der Waals surface area contributed by atoms with Gasteiger partial charge in [0.2, 0.25) is 0 Å². The molecule has 80 heavy (non-hydrogen) atoms. The number of fused-ring (bicyclic) bond motifs is 12. The van der Waals surface area contributed by atoms with Gasteiger partial charge in [0.25, 0.3) is 0 Å². The minimum Gasteiger partial charge on any atom is -0.310 e. The summed E-state index contributed by atoms with van der Waals surface area (Å²) in [6, 6.07) is 94.6. The zero-order valence-electron chi connectivity index (χ0n) is 46.1. The van der Waals surface area contributed by atoms with E-state index >= 15 is 0 Å². The van der Waals surface area contributed by atoms with Gasteiger partial charge in [0.15, 0.2) is 0 Å². The van der Waals surface area contributed by atoms with Crippen molar-refractivity contribution >= 4 is 98.8 Å². The second kappa shape index (κ2) is 19.6. The van der Waals surface area contributed by atoms with Gasteiger partial charge in [-0.05, 0) is 246 Å². The molecule has 0 radical (unpaired) electrons. The second-order valence-corrected chi connectivity index (χ2v) is 22.0. The standard InChI is InChI=1S/C78H60N2/c1-49-19-7-17-29-75(49)79(61-37-31-55(32-38-61)57-35-41-71-67-25-11-9-21-63(67)65-23-13-15-27-69(65)73(71)47-57)77-51(3)43-59(44-52(77)4)60-45-53(5)78(54(6)46-60)80(76-30-18-8-20-50(76)2)62-39-33-56(34-40-62)58-36-42-72-68-26-12-10-22-64(68)66-24-14-16-28-70(66)74(72)48-58/h7-48H,1-6H3. The number of nitrogens with zero attached hydrogens (tertiary/aromatic N) is 2. The van der Waals surface area contributed by atoms with E-state index in [0.717, 1.165) is 11.4 Å². The summed E-state index contributed by atoms with van der Waals surface area (Å²) in [6.07, 6.45) is 0. The molecular formula is C78H60N2. The number of aryl methyl sites for hydroxylation is 6. The SMILES string of the molecule is Cc1ccccc1N(c1ccc(-c2ccc3c4ccccc4c4ccccc4c3c2)cc1)c1c(C)cc(-c2cc(C)c(N(c3ccc(-c4ccc5c6ccccc6c6ccccc6c5c4)cc3)c3ccccc3C)c(C)c2)cc1C. The smallest absolute Gasteiger partial charge is 0.0520 e. The average molecular weight is 1030 g/mol. The zero-order valence-corrected chi connectivity index (χ0v) is 46.1. The highest BCUT2D eigenvalue weighted by molar-refractivity contribution is 6.27. The van der Waals surface area contributed by atoms with E-state index in [0.29, 0.717) is 0 Å². The second-order valence-electron chi connectivity index (χ2n) is 22.0. The quantitative estimate of drug-likeness (QED) is 0.133. The van der Waals surface area contributed by atoms with Crippen LogP contribution in [0.25, 0.3) is 98.0 Å². The van der Waals surface area contributed by atoms with Crippen LogP contribution in [0.5, 0.6) is 0 Å². The first-order valence-corrected chi connectivity index (χ1v) is 28.0. The Labute approximate surface area is 469 Å². The molecule has 0 fully saturated rings. The van der Waals surface area contributed by atoms with Crippen LogP contribution in [0.1, 0.15) is 33.4 Å². The van der Waals surface area contributed by atoms with E-state index in [1.807, 2.05) is 0 Å². The fourth-order valence-electron chi connectivity index (χ4n) is 13.1. The van der Waals surface area contributed by atoms with Crippen molar-refractivity contribution in [3.8, 4) is 33.4 Å². The summed E-state index contributed by atoms with van der Waals surface area (Å²) < 4.78 is 0. The van der Waals surface area contributed by atoms with Gasteiger partial charge in [-0.2, -0.15) is 0 Å². The Morgan fingerprint density at radius 2 is 0.438 bits per heavy atom. The molecule has 2 heteroatoms. The van der Waals surface area contributed by atoms with Gasteiger partial charge in [0.1, 0.15) is 0 Å². The van der Waals surface area contributed by atoms with Gasteiger partial charge in [-0.25, -0.2) is 0 Å².